The van der Waals surface area contributed by atoms with Gasteiger partial charge in [0.1, 0.15) is 5.52 Å². The number of aromatic nitrogens is 3. The third-order valence-corrected chi connectivity index (χ3v) is 2.36. The van der Waals surface area contributed by atoms with E-state index >= 15 is 0 Å². The summed E-state index contributed by atoms with van der Waals surface area (Å²) in [5.74, 6) is -0.880. The fourth-order valence-corrected chi connectivity index (χ4v) is 1.62. The molecule has 2 aromatic rings. The number of rotatable bonds is 3. The highest BCUT2D eigenvalue weighted by Gasteiger charge is 2.15. The van der Waals surface area contributed by atoms with Crippen molar-refractivity contribution in [3.05, 3.63) is 24.2 Å². The molecule has 2 heterocycles. The number of carboxylic acids is 1. The van der Waals surface area contributed by atoms with Crippen LogP contribution in [0.1, 0.15) is 25.0 Å². The molecule has 1 atom stereocenters. The average Bonchev–Trinajstić information content (AvgIpc) is 2.59. The van der Waals surface area contributed by atoms with E-state index in [1.807, 2.05) is 13.0 Å². The minimum absolute atomic E-state index is 0.0742. The van der Waals surface area contributed by atoms with Gasteiger partial charge in [0.15, 0.2) is 0 Å². The Kier molecular flexibility index (Phi) is 2.37. The molecule has 0 aliphatic carbocycles. The molecule has 0 saturated heterocycles. The van der Waals surface area contributed by atoms with Crippen LogP contribution in [0.5, 0.6) is 0 Å². The molecule has 5 nitrogen and oxygen atoms in total. The minimum atomic E-state index is -0.806. The largest absolute Gasteiger partial charge is 0.481 e. The summed E-state index contributed by atoms with van der Waals surface area (Å²) < 4.78 is 0. The van der Waals surface area contributed by atoms with Crippen molar-refractivity contribution in [1.82, 2.24) is 15.2 Å². The molecule has 5 heteroatoms. The molecule has 0 amide bonds. The van der Waals surface area contributed by atoms with Crippen molar-refractivity contribution in [3.63, 3.8) is 0 Å². The molecule has 1 unspecified atom stereocenters. The number of hydrogen-bond acceptors (Lipinski definition) is 3. The van der Waals surface area contributed by atoms with Gasteiger partial charge < -0.3 is 5.11 Å². The topological polar surface area (TPSA) is 78.9 Å². The van der Waals surface area contributed by atoms with Crippen LogP contribution in [0.15, 0.2) is 18.5 Å². The summed E-state index contributed by atoms with van der Waals surface area (Å²) in [7, 11) is 0. The van der Waals surface area contributed by atoms with E-state index in [1.54, 1.807) is 12.4 Å². The Balaban J connectivity index is 2.39. The molecule has 0 aliphatic heterocycles. The predicted octanol–water partition coefficient (Wildman–Crippen LogP) is 1.54. The molecule has 0 aromatic carbocycles. The Hall–Kier alpha value is -1.91. The second kappa shape index (κ2) is 3.68. The fourth-order valence-electron chi connectivity index (χ4n) is 1.62. The number of carboxylic acid groups (broad SMARTS) is 1. The Bertz CT molecular complexity index is 492. The van der Waals surface area contributed by atoms with Crippen molar-refractivity contribution < 1.29 is 9.90 Å². The number of H-pyrrole nitrogens is 1. The number of nitrogens with one attached hydrogen (secondary N) is 1. The van der Waals surface area contributed by atoms with Crippen molar-refractivity contribution in [3.8, 4) is 0 Å². The highest BCUT2D eigenvalue weighted by Crippen LogP contribution is 2.24. The molecule has 15 heavy (non-hydrogen) atoms. The van der Waals surface area contributed by atoms with Gasteiger partial charge in [0, 0.05) is 23.2 Å². The summed E-state index contributed by atoms with van der Waals surface area (Å²) >= 11 is 0. The molecule has 0 spiro atoms. The zero-order chi connectivity index (χ0) is 10.8. The van der Waals surface area contributed by atoms with Crippen molar-refractivity contribution >= 4 is 16.9 Å². The molecule has 0 fully saturated rings. The molecule has 0 radical (unpaired) electrons. The number of fused-ring (bicyclic) bond motifs is 1. The van der Waals surface area contributed by atoms with Crippen LogP contribution in [-0.2, 0) is 4.79 Å². The molecule has 0 saturated carbocycles. The van der Waals surface area contributed by atoms with Crippen molar-refractivity contribution in [1.29, 1.82) is 0 Å². The lowest BCUT2D eigenvalue weighted by Crippen LogP contribution is -2.03. The van der Waals surface area contributed by atoms with Crippen LogP contribution in [0.2, 0.25) is 0 Å². The van der Waals surface area contributed by atoms with E-state index in [9.17, 15) is 4.79 Å². The third kappa shape index (κ3) is 1.81. The van der Waals surface area contributed by atoms with E-state index in [0.29, 0.717) is 0 Å². The second-order valence-corrected chi connectivity index (χ2v) is 3.53. The van der Waals surface area contributed by atoms with Crippen LogP contribution in [0.25, 0.3) is 10.9 Å². The monoisotopic (exact) mass is 205 g/mol. The summed E-state index contributed by atoms with van der Waals surface area (Å²) in [6, 6.07) is 1.84. The minimum Gasteiger partial charge on any atom is -0.481 e. The first-order valence-electron chi connectivity index (χ1n) is 4.68. The number of carbonyl (C=O) groups is 1. The summed E-state index contributed by atoms with van der Waals surface area (Å²) in [6.07, 6.45) is 3.43. The van der Waals surface area contributed by atoms with E-state index in [-0.39, 0.29) is 12.3 Å². The number of aliphatic carboxylic acids is 1. The highest BCUT2D eigenvalue weighted by atomic mass is 16.4. The van der Waals surface area contributed by atoms with Gasteiger partial charge in [0.25, 0.3) is 0 Å². The zero-order valence-electron chi connectivity index (χ0n) is 8.27. The van der Waals surface area contributed by atoms with Gasteiger partial charge in [0.2, 0.25) is 0 Å². The molecule has 2 N–H and O–H groups in total. The zero-order valence-corrected chi connectivity index (χ0v) is 8.27. The first kappa shape index (κ1) is 9.64. The van der Waals surface area contributed by atoms with Gasteiger partial charge in [-0.3, -0.25) is 14.9 Å². The van der Waals surface area contributed by atoms with Crippen molar-refractivity contribution in [2.45, 2.75) is 19.3 Å². The molecule has 2 aromatic heterocycles. The first-order valence-corrected chi connectivity index (χ1v) is 4.68. The molecule has 0 bridgehead atoms. The van der Waals surface area contributed by atoms with Gasteiger partial charge >= 0.3 is 5.97 Å². The van der Waals surface area contributed by atoms with E-state index in [1.165, 1.54) is 0 Å². The highest BCUT2D eigenvalue weighted by molar-refractivity contribution is 5.81. The maximum absolute atomic E-state index is 10.6. The lowest BCUT2D eigenvalue weighted by atomic mass is 10.0. The summed E-state index contributed by atoms with van der Waals surface area (Å²) in [4.78, 5) is 14.5. The number of pyridine rings is 1. The molecule has 78 valence electrons. The van der Waals surface area contributed by atoms with Gasteiger partial charge in [-0.25, -0.2) is 0 Å². The average molecular weight is 205 g/mol. The maximum Gasteiger partial charge on any atom is 0.304 e. The van der Waals surface area contributed by atoms with Gasteiger partial charge in [0.05, 0.1) is 12.6 Å². The van der Waals surface area contributed by atoms with Gasteiger partial charge in [-0.05, 0) is 6.07 Å². The lowest BCUT2D eigenvalue weighted by Gasteiger charge is -2.05. The number of aromatic amines is 1. The van der Waals surface area contributed by atoms with Crippen LogP contribution in [-0.4, -0.2) is 26.3 Å². The van der Waals surface area contributed by atoms with Crippen LogP contribution in [0.4, 0.5) is 0 Å². The maximum atomic E-state index is 10.6. The quantitative estimate of drug-likeness (QED) is 0.796. The van der Waals surface area contributed by atoms with Crippen LogP contribution in [0, 0.1) is 0 Å². The fraction of sp³-hybridized carbons (Fsp3) is 0.300. The van der Waals surface area contributed by atoms with E-state index in [0.717, 1.165) is 16.6 Å². The predicted molar refractivity (Wildman–Crippen MR) is 54.6 cm³/mol. The van der Waals surface area contributed by atoms with E-state index in [2.05, 4.69) is 15.2 Å². The Labute approximate surface area is 86.1 Å². The summed E-state index contributed by atoms with van der Waals surface area (Å²) in [5, 5.41) is 16.6. The van der Waals surface area contributed by atoms with Gasteiger partial charge in [-0.1, -0.05) is 6.92 Å². The Morgan fingerprint density at radius 2 is 2.47 bits per heavy atom. The Morgan fingerprint density at radius 3 is 3.20 bits per heavy atom. The molecule has 2 rings (SSSR count). The number of nitrogens with zero attached hydrogens (tertiary/aromatic N) is 2. The lowest BCUT2D eigenvalue weighted by molar-refractivity contribution is -0.137. The molecule has 0 aliphatic rings. The number of hydrogen-bond donors (Lipinski definition) is 2. The molecular formula is C10H11N3O2. The van der Waals surface area contributed by atoms with Crippen molar-refractivity contribution in [2.24, 2.45) is 0 Å². The second-order valence-electron chi connectivity index (χ2n) is 3.53. The van der Waals surface area contributed by atoms with Crippen LogP contribution in [0.3, 0.4) is 0 Å². The van der Waals surface area contributed by atoms with Crippen LogP contribution >= 0.6 is 0 Å². The van der Waals surface area contributed by atoms with Crippen molar-refractivity contribution in [2.75, 3.05) is 0 Å². The van der Waals surface area contributed by atoms with E-state index in [4.69, 9.17) is 5.11 Å². The third-order valence-electron chi connectivity index (χ3n) is 2.36. The Morgan fingerprint density at radius 1 is 1.67 bits per heavy atom. The normalized spacial score (nSPS) is 12.9. The summed E-state index contributed by atoms with van der Waals surface area (Å²) in [5.41, 5.74) is 1.62. The smallest absolute Gasteiger partial charge is 0.304 e. The summed E-state index contributed by atoms with van der Waals surface area (Å²) in [6.45, 7) is 1.86. The SMILES string of the molecule is CC(CC(=O)O)c1[nH]nc2cnccc12. The van der Waals surface area contributed by atoms with Crippen LogP contribution < -0.4 is 0 Å². The first-order chi connectivity index (χ1) is 7.18. The van der Waals surface area contributed by atoms with Gasteiger partial charge in [-0.15, -0.1) is 0 Å². The standard InChI is InChI=1S/C10H11N3O2/c1-6(4-9(14)15)10-7-2-3-11-5-8(7)12-13-10/h2-3,5-6H,4H2,1H3,(H,12,13)(H,14,15). The van der Waals surface area contributed by atoms with Gasteiger partial charge in [-0.2, -0.15) is 5.10 Å². The molecular weight excluding hydrogens is 194 g/mol. The van der Waals surface area contributed by atoms with E-state index < -0.39 is 5.97 Å².